The van der Waals surface area contributed by atoms with E-state index in [9.17, 15) is 4.79 Å². The molecule has 0 aliphatic carbocycles. The Balaban J connectivity index is 1.69. The van der Waals surface area contributed by atoms with Crippen molar-refractivity contribution >= 4 is 28.2 Å². The lowest BCUT2D eigenvalue weighted by atomic mass is 10.1. The predicted octanol–water partition coefficient (Wildman–Crippen LogP) is 3.75. The summed E-state index contributed by atoms with van der Waals surface area (Å²) in [5, 5.41) is 12.5. The molecule has 2 N–H and O–H groups in total. The minimum absolute atomic E-state index is 0.0615. The molecule has 0 spiro atoms. The number of rotatable bonds is 9. The van der Waals surface area contributed by atoms with Crippen LogP contribution in [0.15, 0.2) is 30.5 Å². The summed E-state index contributed by atoms with van der Waals surface area (Å²) in [5.41, 5.74) is 6.42. The highest BCUT2D eigenvalue weighted by molar-refractivity contribution is 5.95. The third kappa shape index (κ3) is 5.36. The van der Waals surface area contributed by atoms with Crippen molar-refractivity contribution < 1.29 is 4.79 Å². The maximum Gasteiger partial charge on any atom is 0.224 e. The first-order chi connectivity index (χ1) is 14.4. The molecule has 0 radical (unpaired) electrons. The number of aromatic amines is 1. The smallest absolute Gasteiger partial charge is 0.224 e. The average Bonchev–Trinajstić information content (AvgIpc) is 3.01. The standard InChI is InChI=1S/C23H32N6O/c1-6-7-23(30)26-17-8-9-22-21(13-17)20(16(2)25-22)10-11-29(5)15-18-12-19(28(3)4)14-24-27-18/h8-9,12-14,25H,6-7,10-11,15H2,1-5H3,(H,26,30). The van der Waals surface area contributed by atoms with E-state index in [0.29, 0.717) is 6.42 Å². The SMILES string of the molecule is CCCC(=O)Nc1ccc2[nH]c(C)c(CCN(C)Cc3cc(N(C)C)cnn3)c2c1. The van der Waals surface area contributed by atoms with Gasteiger partial charge >= 0.3 is 0 Å². The fourth-order valence-corrected chi connectivity index (χ4v) is 3.61. The molecule has 0 aliphatic heterocycles. The van der Waals surface area contributed by atoms with E-state index in [2.05, 4.69) is 51.5 Å². The number of hydrogen-bond acceptors (Lipinski definition) is 5. The number of fused-ring (bicyclic) bond motifs is 1. The number of anilines is 2. The van der Waals surface area contributed by atoms with E-state index >= 15 is 0 Å². The first kappa shape index (κ1) is 21.8. The molecule has 0 fully saturated rings. The number of H-pyrrole nitrogens is 1. The van der Waals surface area contributed by atoms with Crippen LogP contribution in [0.3, 0.4) is 0 Å². The average molecular weight is 409 g/mol. The van der Waals surface area contributed by atoms with E-state index in [1.807, 2.05) is 38.1 Å². The summed E-state index contributed by atoms with van der Waals surface area (Å²) >= 11 is 0. The monoisotopic (exact) mass is 408 g/mol. The predicted molar refractivity (Wildman–Crippen MR) is 123 cm³/mol. The van der Waals surface area contributed by atoms with Gasteiger partial charge in [-0.15, -0.1) is 0 Å². The van der Waals surface area contributed by atoms with Crippen LogP contribution in [-0.4, -0.2) is 53.7 Å². The van der Waals surface area contributed by atoms with E-state index < -0.39 is 0 Å². The second-order valence-electron chi connectivity index (χ2n) is 8.07. The van der Waals surface area contributed by atoms with Crippen LogP contribution >= 0.6 is 0 Å². The third-order valence-electron chi connectivity index (χ3n) is 5.26. The second kappa shape index (κ2) is 9.71. The molecule has 3 rings (SSSR count). The number of nitrogens with zero attached hydrogens (tertiary/aromatic N) is 4. The minimum Gasteiger partial charge on any atom is -0.376 e. The number of likely N-dealkylation sites (N-methyl/N-ethyl adjacent to an activating group) is 1. The topological polar surface area (TPSA) is 77.2 Å². The molecule has 0 unspecified atom stereocenters. The lowest BCUT2D eigenvalue weighted by Crippen LogP contribution is -2.22. The summed E-state index contributed by atoms with van der Waals surface area (Å²) in [5.74, 6) is 0.0615. The molecule has 160 valence electrons. The van der Waals surface area contributed by atoms with E-state index in [1.54, 1.807) is 6.20 Å². The van der Waals surface area contributed by atoms with Gasteiger partial charge < -0.3 is 20.1 Å². The largest absolute Gasteiger partial charge is 0.376 e. The van der Waals surface area contributed by atoms with Crippen LogP contribution in [0.25, 0.3) is 10.9 Å². The Morgan fingerprint density at radius 3 is 2.73 bits per heavy atom. The van der Waals surface area contributed by atoms with Crippen molar-refractivity contribution in [2.45, 2.75) is 39.7 Å². The summed E-state index contributed by atoms with van der Waals surface area (Å²) in [7, 11) is 6.11. The van der Waals surface area contributed by atoms with Crippen molar-refractivity contribution in [3.05, 3.63) is 47.4 Å². The minimum atomic E-state index is 0.0615. The molecule has 1 aromatic carbocycles. The molecule has 0 aliphatic rings. The van der Waals surface area contributed by atoms with Crippen molar-refractivity contribution in [2.75, 3.05) is 37.9 Å². The van der Waals surface area contributed by atoms with Crippen LogP contribution < -0.4 is 10.2 Å². The maximum absolute atomic E-state index is 12.0. The van der Waals surface area contributed by atoms with E-state index in [-0.39, 0.29) is 5.91 Å². The van der Waals surface area contributed by atoms with Gasteiger partial charge in [-0.05, 0) is 56.6 Å². The van der Waals surface area contributed by atoms with Crippen LogP contribution in [0.2, 0.25) is 0 Å². The highest BCUT2D eigenvalue weighted by Gasteiger charge is 2.12. The Morgan fingerprint density at radius 1 is 1.20 bits per heavy atom. The fourth-order valence-electron chi connectivity index (χ4n) is 3.61. The van der Waals surface area contributed by atoms with Crippen molar-refractivity contribution in [2.24, 2.45) is 0 Å². The lowest BCUT2D eigenvalue weighted by molar-refractivity contribution is -0.116. The van der Waals surface area contributed by atoms with Crippen LogP contribution in [0.4, 0.5) is 11.4 Å². The van der Waals surface area contributed by atoms with Crippen molar-refractivity contribution in [3.8, 4) is 0 Å². The first-order valence-corrected chi connectivity index (χ1v) is 10.5. The molecule has 7 nitrogen and oxygen atoms in total. The van der Waals surface area contributed by atoms with Crippen molar-refractivity contribution in [1.29, 1.82) is 0 Å². The Labute approximate surface area is 178 Å². The van der Waals surface area contributed by atoms with Crippen molar-refractivity contribution in [3.63, 3.8) is 0 Å². The fraction of sp³-hybridized carbons (Fsp3) is 0.435. The molecule has 0 saturated heterocycles. The molecule has 2 aromatic heterocycles. The summed E-state index contributed by atoms with van der Waals surface area (Å²) in [6, 6.07) is 8.15. The molecule has 2 heterocycles. The summed E-state index contributed by atoms with van der Waals surface area (Å²) in [6.45, 7) is 5.76. The van der Waals surface area contributed by atoms with Gasteiger partial charge in [0.15, 0.2) is 0 Å². The number of carbonyl (C=O) groups excluding carboxylic acids is 1. The maximum atomic E-state index is 12.0. The molecule has 1 amide bonds. The summed E-state index contributed by atoms with van der Waals surface area (Å²) in [4.78, 5) is 19.7. The Bertz CT molecular complexity index is 1010. The van der Waals surface area contributed by atoms with Crippen LogP contribution in [-0.2, 0) is 17.8 Å². The van der Waals surface area contributed by atoms with Crippen molar-refractivity contribution in [1.82, 2.24) is 20.1 Å². The number of carbonyl (C=O) groups is 1. The molecule has 3 aromatic rings. The highest BCUT2D eigenvalue weighted by Crippen LogP contribution is 2.26. The summed E-state index contributed by atoms with van der Waals surface area (Å²) < 4.78 is 0. The number of amides is 1. The van der Waals surface area contributed by atoms with Crippen LogP contribution in [0.1, 0.15) is 36.7 Å². The number of benzene rings is 1. The zero-order valence-corrected chi connectivity index (χ0v) is 18.6. The van der Waals surface area contributed by atoms with E-state index in [0.717, 1.165) is 48.5 Å². The lowest BCUT2D eigenvalue weighted by Gasteiger charge is -2.17. The molecular weight excluding hydrogens is 376 g/mol. The first-order valence-electron chi connectivity index (χ1n) is 10.5. The zero-order valence-electron chi connectivity index (χ0n) is 18.6. The molecule has 7 heteroatoms. The Hall–Kier alpha value is -2.93. The molecule has 0 saturated carbocycles. The van der Waals surface area contributed by atoms with Crippen LogP contribution in [0, 0.1) is 6.92 Å². The van der Waals surface area contributed by atoms with Gasteiger partial charge in [0.05, 0.1) is 17.6 Å². The van der Waals surface area contributed by atoms with Gasteiger partial charge in [0.1, 0.15) is 0 Å². The quantitative estimate of drug-likeness (QED) is 0.564. The Morgan fingerprint density at radius 2 is 2.00 bits per heavy atom. The van der Waals surface area contributed by atoms with E-state index in [1.165, 1.54) is 16.6 Å². The number of aromatic nitrogens is 3. The van der Waals surface area contributed by atoms with Gasteiger partial charge in [0.2, 0.25) is 5.91 Å². The molecular formula is C23H32N6O. The van der Waals surface area contributed by atoms with Gasteiger partial charge in [-0.3, -0.25) is 4.79 Å². The molecule has 0 bridgehead atoms. The molecule has 30 heavy (non-hydrogen) atoms. The zero-order chi connectivity index (χ0) is 21.7. The highest BCUT2D eigenvalue weighted by atomic mass is 16.1. The number of nitrogens with one attached hydrogen (secondary N) is 2. The Kier molecular flexibility index (Phi) is 7.05. The normalized spacial score (nSPS) is 11.3. The van der Waals surface area contributed by atoms with Gasteiger partial charge in [0, 0.05) is 55.9 Å². The van der Waals surface area contributed by atoms with Crippen LogP contribution in [0.5, 0.6) is 0 Å². The molecule has 0 atom stereocenters. The van der Waals surface area contributed by atoms with Gasteiger partial charge in [0.25, 0.3) is 0 Å². The number of hydrogen-bond donors (Lipinski definition) is 2. The van der Waals surface area contributed by atoms with Gasteiger partial charge in [-0.2, -0.15) is 10.2 Å². The third-order valence-corrected chi connectivity index (χ3v) is 5.26. The second-order valence-corrected chi connectivity index (χ2v) is 8.07. The number of aryl methyl sites for hydroxylation is 1. The van der Waals surface area contributed by atoms with E-state index in [4.69, 9.17) is 0 Å². The van der Waals surface area contributed by atoms with Gasteiger partial charge in [-0.25, -0.2) is 0 Å². The summed E-state index contributed by atoms with van der Waals surface area (Å²) in [6.07, 6.45) is 4.07. The van der Waals surface area contributed by atoms with Gasteiger partial charge in [-0.1, -0.05) is 6.92 Å².